The van der Waals surface area contributed by atoms with Crippen LogP contribution >= 0.6 is 58.0 Å². The van der Waals surface area contributed by atoms with E-state index in [9.17, 15) is 0 Å². The van der Waals surface area contributed by atoms with Crippen LogP contribution in [0.2, 0.25) is 10.0 Å². The van der Waals surface area contributed by atoms with E-state index in [4.69, 9.17) is 58.0 Å². The number of aryl methyl sites for hydroxylation is 1. The Balaban J connectivity index is 3.43. The highest BCUT2D eigenvalue weighted by Gasteiger charge is 2.12. The number of halogens is 5. The Morgan fingerprint density at radius 3 is 1.79 bits per heavy atom. The van der Waals surface area contributed by atoms with Gasteiger partial charge in [-0.3, -0.25) is 0 Å². The van der Waals surface area contributed by atoms with Crippen molar-refractivity contribution >= 4 is 63.0 Å². The Hall–Kier alpha value is 0.410. The van der Waals surface area contributed by atoms with E-state index in [1.165, 1.54) is 0 Å². The molecule has 0 heterocycles. The van der Waals surface area contributed by atoms with Crippen molar-refractivity contribution in [3.63, 3.8) is 0 Å². The molecule has 0 saturated heterocycles. The summed E-state index contributed by atoms with van der Waals surface area (Å²) in [4.78, 5) is 0. The standard InChI is InChI=1S/C9H5Cl5/c1-4-2-5(10)7(6(11)3-4)8(12)9(13)14/h2-3H,1H3. The van der Waals surface area contributed by atoms with Gasteiger partial charge < -0.3 is 0 Å². The van der Waals surface area contributed by atoms with Crippen LogP contribution in [0.25, 0.3) is 5.03 Å². The smallest absolute Gasteiger partial charge is 0.0836 e. The quantitative estimate of drug-likeness (QED) is 0.627. The molecule has 76 valence electrons. The van der Waals surface area contributed by atoms with Crippen LogP contribution in [0.3, 0.4) is 0 Å². The van der Waals surface area contributed by atoms with Crippen LogP contribution in [0.5, 0.6) is 0 Å². The lowest BCUT2D eigenvalue weighted by Crippen LogP contribution is -1.85. The summed E-state index contributed by atoms with van der Waals surface area (Å²) >= 11 is 28.8. The molecule has 0 saturated carbocycles. The van der Waals surface area contributed by atoms with Gasteiger partial charge in [-0.2, -0.15) is 0 Å². The fourth-order valence-electron chi connectivity index (χ4n) is 1.00. The minimum atomic E-state index is -0.0562. The fraction of sp³-hybridized carbons (Fsp3) is 0.111. The molecule has 14 heavy (non-hydrogen) atoms. The third-order valence-electron chi connectivity index (χ3n) is 1.57. The van der Waals surface area contributed by atoms with Crippen LogP contribution in [-0.2, 0) is 0 Å². The zero-order valence-corrected chi connectivity index (χ0v) is 10.8. The van der Waals surface area contributed by atoms with E-state index in [1.807, 2.05) is 6.92 Å². The summed E-state index contributed by atoms with van der Waals surface area (Å²) in [6, 6.07) is 3.48. The minimum absolute atomic E-state index is 0.0562. The van der Waals surface area contributed by atoms with Gasteiger partial charge in [0.2, 0.25) is 0 Å². The maximum absolute atomic E-state index is 5.95. The lowest BCUT2D eigenvalue weighted by Gasteiger charge is -2.07. The first kappa shape index (κ1) is 12.5. The van der Waals surface area contributed by atoms with Crippen molar-refractivity contribution in [2.45, 2.75) is 6.92 Å². The van der Waals surface area contributed by atoms with Gasteiger partial charge in [0.25, 0.3) is 0 Å². The number of hydrogen-bond donors (Lipinski definition) is 0. The maximum Gasteiger partial charge on any atom is 0.126 e. The van der Waals surface area contributed by atoms with Crippen molar-refractivity contribution in [3.8, 4) is 0 Å². The molecule has 1 rings (SSSR count). The van der Waals surface area contributed by atoms with Crippen molar-refractivity contribution in [3.05, 3.63) is 37.8 Å². The molecule has 0 bridgehead atoms. The molecule has 0 aliphatic heterocycles. The Morgan fingerprint density at radius 2 is 1.43 bits per heavy atom. The Kier molecular flexibility index (Phi) is 4.42. The Bertz CT molecular complexity index is 367. The van der Waals surface area contributed by atoms with Gasteiger partial charge in [-0.1, -0.05) is 58.0 Å². The first-order valence-electron chi connectivity index (χ1n) is 3.60. The number of rotatable bonds is 1. The minimum Gasteiger partial charge on any atom is -0.0836 e. The van der Waals surface area contributed by atoms with Crippen molar-refractivity contribution in [2.24, 2.45) is 0 Å². The van der Waals surface area contributed by atoms with Gasteiger partial charge >= 0.3 is 0 Å². The fourth-order valence-corrected chi connectivity index (χ4v) is 2.28. The van der Waals surface area contributed by atoms with Crippen LogP contribution in [0, 0.1) is 6.92 Å². The second-order valence-corrected chi connectivity index (χ2v) is 4.82. The Labute approximate surface area is 107 Å². The van der Waals surface area contributed by atoms with E-state index in [0.29, 0.717) is 15.6 Å². The summed E-state index contributed by atoms with van der Waals surface area (Å²) in [6.45, 7) is 1.88. The van der Waals surface area contributed by atoms with Gasteiger partial charge in [0.15, 0.2) is 0 Å². The van der Waals surface area contributed by atoms with Gasteiger partial charge in [0, 0.05) is 5.56 Å². The highest BCUT2D eigenvalue weighted by molar-refractivity contribution is 6.67. The van der Waals surface area contributed by atoms with Crippen molar-refractivity contribution in [2.75, 3.05) is 0 Å². The molecule has 1 aromatic rings. The van der Waals surface area contributed by atoms with Gasteiger partial charge in [0.05, 0.1) is 15.1 Å². The lowest BCUT2D eigenvalue weighted by molar-refractivity contribution is 1.46. The molecule has 5 heteroatoms. The molecule has 0 aliphatic carbocycles. The molecule has 0 amide bonds. The average molecular weight is 290 g/mol. The number of benzene rings is 1. The molecular weight excluding hydrogens is 285 g/mol. The lowest BCUT2D eigenvalue weighted by atomic mass is 10.1. The second kappa shape index (κ2) is 4.96. The second-order valence-electron chi connectivity index (χ2n) is 2.68. The largest absolute Gasteiger partial charge is 0.126 e. The average Bonchev–Trinajstić information content (AvgIpc) is 2.01. The van der Waals surface area contributed by atoms with E-state index in [2.05, 4.69) is 0 Å². The highest BCUT2D eigenvalue weighted by atomic mass is 35.5. The van der Waals surface area contributed by atoms with Crippen LogP contribution in [-0.4, -0.2) is 0 Å². The summed E-state index contributed by atoms with van der Waals surface area (Å²) in [5, 5.41) is 1.01. The van der Waals surface area contributed by atoms with Gasteiger partial charge in [0.1, 0.15) is 4.49 Å². The molecule has 0 aromatic heterocycles. The summed E-state index contributed by atoms with van der Waals surface area (Å²) in [5.41, 5.74) is 1.40. The zero-order valence-electron chi connectivity index (χ0n) is 7.04. The SMILES string of the molecule is Cc1cc(Cl)c(C(Cl)=C(Cl)Cl)c(Cl)c1. The van der Waals surface area contributed by atoms with Gasteiger partial charge in [-0.05, 0) is 24.6 Å². The van der Waals surface area contributed by atoms with Gasteiger partial charge in [-0.15, -0.1) is 0 Å². The van der Waals surface area contributed by atoms with E-state index in [0.717, 1.165) is 5.56 Å². The van der Waals surface area contributed by atoms with Crippen molar-refractivity contribution in [1.29, 1.82) is 0 Å². The molecule has 0 atom stereocenters. The third-order valence-corrected chi connectivity index (χ3v) is 3.12. The van der Waals surface area contributed by atoms with Crippen LogP contribution in [0.4, 0.5) is 0 Å². The maximum atomic E-state index is 5.95. The topological polar surface area (TPSA) is 0 Å². The molecule has 0 spiro atoms. The van der Waals surface area contributed by atoms with E-state index < -0.39 is 0 Å². The summed E-state index contributed by atoms with van der Waals surface area (Å²) in [6.07, 6.45) is 0. The third kappa shape index (κ3) is 2.71. The van der Waals surface area contributed by atoms with Crippen LogP contribution in [0.1, 0.15) is 11.1 Å². The summed E-state index contributed by atoms with van der Waals surface area (Å²) in [7, 11) is 0. The monoisotopic (exact) mass is 288 g/mol. The predicted octanol–water partition coefficient (Wildman–Crippen LogP) is 5.64. The number of hydrogen-bond acceptors (Lipinski definition) is 0. The van der Waals surface area contributed by atoms with Crippen LogP contribution in [0.15, 0.2) is 16.6 Å². The van der Waals surface area contributed by atoms with E-state index in [-0.39, 0.29) is 9.52 Å². The van der Waals surface area contributed by atoms with Crippen molar-refractivity contribution < 1.29 is 0 Å². The predicted molar refractivity (Wildman–Crippen MR) is 65.7 cm³/mol. The molecule has 0 radical (unpaired) electrons. The van der Waals surface area contributed by atoms with E-state index in [1.54, 1.807) is 12.1 Å². The zero-order chi connectivity index (χ0) is 10.9. The molecular formula is C9H5Cl5. The van der Waals surface area contributed by atoms with Crippen molar-refractivity contribution in [1.82, 2.24) is 0 Å². The summed E-state index contributed by atoms with van der Waals surface area (Å²) in [5.74, 6) is 0. The molecule has 1 aromatic carbocycles. The molecule has 0 unspecified atom stereocenters. The first-order chi connectivity index (χ1) is 6.43. The highest BCUT2D eigenvalue weighted by Crippen LogP contribution is 2.38. The molecule has 0 nitrogen and oxygen atoms in total. The molecule has 0 fully saturated rings. The molecule has 0 aliphatic rings. The van der Waals surface area contributed by atoms with Crippen LogP contribution < -0.4 is 0 Å². The Morgan fingerprint density at radius 1 is 1.00 bits per heavy atom. The summed E-state index contributed by atoms with van der Waals surface area (Å²) < 4.78 is -0.0562. The van der Waals surface area contributed by atoms with Gasteiger partial charge in [-0.25, -0.2) is 0 Å². The molecule has 0 N–H and O–H groups in total. The first-order valence-corrected chi connectivity index (χ1v) is 5.49. The van der Waals surface area contributed by atoms with E-state index >= 15 is 0 Å². The normalized spacial score (nSPS) is 10.1.